The molecule has 6 heteroatoms. The summed E-state index contributed by atoms with van der Waals surface area (Å²) in [4.78, 5) is 25.2. The highest BCUT2D eigenvalue weighted by Gasteiger charge is 2.20. The molecule has 1 aliphatic rings. The lowest BCUT2D eigenvalue weighted by molar-refractivity contribution is 0.220. The van der Waals surface area contributed by atoms with Gasteiger partial charge in [-0.1, -0.05) is 18.6 Å². The summed E-state index contributed by atoms with van der Waals surface area (Å²) in [6.45, 7) is 4.42. The molecule has 1 N–H and O–H groups in total. The second-order valence-corrected chi connectivity index (χ2v) is 6.68. The molecule has 0 bridgehead atoms. The second kappa shape index (κ2) is 8.85. The quantitative estimate of drug-likeness (QED) is 0.547. The Labute approximate surface area is 153 Å². The number of likely N-dealkylation sites (tertiary alicyclic amines) is 1. The van der Waals surface area contributed by atoms with Crippen molar-refractivity contribution in [2.75, 3.05) is 38.7 Å². The summed E-state index contributed by atoms with van der Waals surface area (Å²) in [5.74, 6) is 0.993. The third kappa shape index (κ3) is 4.43. The Morgan fingerprint density at radius 1 is 1.12 bits per heavy atom. The normalized spacial score (nSPS) is 15.1. The number of ether oxygens (including phenoxy) is 2. The highest BCUT2D eigenvalue weighted by atomic mass is 16.5. The Morgan fingerprint density at radius 2 is 1.92 bits per heavy atom. The number of hydrogen-bond acceptors (Lipinski definition) is 6. The highest BCUT2D eigenvalue weighted by molar-refractivity contribution is 5.61. The van der Waals surface area contributed by atoms with Gasteiger partial charge in [0.25, 0.3) is 10.9 Å². The van der Waals surface area contributed by atoms with Gasteiger partial charge in [0.2, 0.25) is 0 Å². The van der Waals surface area contributed by atoms with Crippen LogP contribution in [0.25, 0.3) is 0 Å². The van der Waals surface area contributed by atoms with Crippen molar-refractivity contribution in [1.29, 1.82) is 0 Å². The topological polar surface area (TPSA) is 67.9 Å². The van der Waals surface area contributed by atoms with Crippen LogP contribution in [0.5, 0.6) is 11.5 Å². The van der Waals surface area contributed by atoms with Crippen molar-refractivity contribution in [1.82, 2.24) is 4.90 Å². The van der Waals surface area contributed by atoms with E-state index in [1.807, 2.05) is 12.1 Å². The van der Waals surface area contributed by atoms with Gasteiger partial charge in [-0.05, 0) is 50.0 Å². The minimum absolute atomic E-state index is 0.126. The van der Waals surface area contributed by atoms with Crippen LogP contribution in [0.3, 0.4) is 0 Å². The minimum Gasteiger partial charge on any atom is -0.494 e. The van der Waals surface area contributed by atoms with Crippen LogP contribution in [0, 0.1) is 0 Å². The largest absolute Gasteiger partial charge is 0.494 e. The molecule has 1 aliphatic heterocycles. The number of rotatable bonds is 9. The van der Waals surface area contributed by atoms with Gasteiger partial charge in [-0.15, -0.1) is 0 Å². The van der Waals surface area contributed by atoms with Gasteiger partial charge in [0.05, 0.1) is 13.7 Å². The monoisotopic (exact) mass is 358 g/mol. The zero-order chi connectivity index (χ0) is 18.4. The Hall–Kier alpha value is -2.34. The third-order valence-electron chi connectivity index (χ3n) is 4.72. The van der Waals surface area contributed by atoms with Gasteiger partial charge < -0.3 is 14.8 Å². The number of benzene rings is 1. The number of piperidine rings is 1. The molecular weight excluding hydrogens is 332 g/mol. The van der Waals surface area contributed by atoms with E-state index in [9.17, 15) is 9.59 Å². The maximum absolute atomic E-state index is 11.4. The lowest BCUT2D eigenvalue weighted by atomic mass is 10.1. The van der Waals surface area contributed by atoms with Gasteiger partial charge in [0.1, 0.15) is 11.4 Å². The lowest BCUT2D eigenvalue weighted by Crippen LogP contribution is -2.35. The van der Waals surface area contributed by atoms with E-state index in [4.69, 9.17) is 9.47 Å². The Kier molecular flexibility index (Phi) is 6.28. The van der Waals surface area contributed by atoms with E-state index in [2.05, 4.69) is 22.3 Å². The van der Waals surface area contributed by atoms with Crippen LogP contribution in [0.2, 0.25) is 0 Å². The molecule has 0 spiro atoms. The first kappa shape index (κ1) is 18.5. The summed E-state index contributed by atoms with van der Waals surface area (Å²) in [7, 11) is 1.39. The summed E-state index contributed by atoms with van der Waals surface area (Å²) in [6, 6.07) is 8.23. The van der Waals surface area contributed by atoms with Gasteiger partial charge in [0.15, 0.2) is 5.75 Å². The molecule has 6 nitrogen and oxygen atoms in total. The molecule has 140 valence electrons. The Balaban J connectivity index is 1.40. The predicted molar refractivity (Wildman–Crippen MR) is 102 cm³/mol. The number of nitrogens with zero attached hydrogens (tertiary/aromatic N) is 1. The first-order valence-electron chi connectivity index (χ1n) is 9.24. The molecule has 0 aliphatic carbocycles. The molecule has 1 saturated heterocycles. The summed E-state index contributed by atoms with van der Waals surface area (Å²) in [6.07, 6.45) is 4.64. The fourth-order valence-corrected chi connectivity index (χ4v) is 3.31. The molecular formula is C20H26N2O4. The first-order chi connectivity index (χ1) is 12.7. The van der Waals surface area contributed by atoms with E-state index < -0.39 is 10.9 Å². The van der Waals surface area contributed by atoms with Crippen LogP contribution < -0.4 is 25.6 Å². The second-order valence-electron chi connectivity index (χ2n) is 6.68. The maximum atomic E-state index is 11.4. The van der Waals surface area contributed by atoms with E-state index in [0.717, 1.165) is 18.7 Å². The highest BCUT2D eigenvalue weighted by Crippen LogP contribution is 2.18. The smallest absolute Gasteiger partial charge is 0.271 e. The van der Waals surface area contributed by atoms with Gasteiger partial charge in [0, 0.05) is 13.1 Å². The number of nitrogens with one attached hydrogen (secondary N) is 1. The summed E-state index contributed by atoms with van der Waals surface area (Å²) in [5, 5.41) is 2.95. The zero-order valence-electron chi connectivity index (χ0n) is 15.3. The molecule has 26 heavy (non-hydrogen) atoms. The molecule has 1 fully saturated rings. The molecule has 1 heterocycles. The summed E-state index contributed by atoms with van der Waals surface area (Å²) in [5.41, 5.74) is 0.488. The third-order valence-corrected chi connectivity index (χ3v) is 4.72. The minimum atomic E-state index is -0.559. The van der Waals surface area contributed by atoms with Crippen LogP contribution >= 0.6 is 0 Å². The zero-order valence-corrected chi connectivity index (χ0v) is 15.3. The SMILES string of the molecule is COc1c(NCCCOc2cccc(CN3CCCCC3)c2)c(=O)c1=O. The van der Waals surface area contributed by atoms with Crippen molar-refractivity contribution in [3.63, 3.8) is 0 Å². The van der Waals surface area contributed by atoms with E-state index >= 15 is 0 Å². The molecule has 0 amide bonds. The van der Waals surface area contributed by atoms with Gasteiger partial charge in [-0.3, -0.25) is 14.5 Å². The van der Waals surface area contributed by atoms with Crippen LogP contribution in [0.4, 0.5) is 5.69 Å². The first-order valence-corrected chi connectivity index (χ1v) is 9.24. The lowest BCUT2D eigenvalue weighted by Gasteiger charge is -2.26. The van der Waals surface area contributed by atoms with Crippen LogP contribution in [0.1, 0.15) is 31.2 Å². The predicted octanol–water partition coefficient (Wildman–Crippen LogP) is 2.16. The molecule has 0 radical (unpaired) electrons. The standard InChI is InChI=1S/C20H26N2O4/c1-25-20-17(18(23)19(20)24)21-9-6-12-26-16-8-5-7-15(13-16)14-22-10-3-2-4-11-22/h5,7-8,13,21H,2-4,6,9-12,14H2,1H3. The van der Waals surface area contributed by atoms with Crippen LogP contribution in [0.15, 0.2) is 33.9 Å². The van der Waals surface area contributed by atoms with Crippen molar-refractivity contribution in [3.05, 3.63) is 50.3 Å². The van der Waals surface area contributed by atoms with E-state index in [1.165, 1.54) is 45.0 Å². The van der Waals surface area contributed by atoms with Crippen LogP contribution in [-0.4, -0.2) is 38.3 Å². The van der Waals surface area contributed by atoms with Gasteiger partial charge in [-0.2, -0.15) is 0 Å². The fraction of sp³-hybridized carbons (Fsp3) is 0.500. The Bertz CT molecular complexity index is 789. The molecule has 2 aromatic rings. The molecule has 0 saturated carbocycles. The van der Waals surface area contributed by atoms with Crippen molar-refractivity contribution in [2.24, 2.45) is 0 Å². The molecule has 2 aromatic carbocycles. The number of methoxy groups -OCH3 is 1. The summed E-state index contributed by atoms with van der Waals surface area (Å²) >= 11 is 0. The van der Waals surface area contributed by atoms with Crippen molar-refractivity contribution in [3.8, 4) is 11.5 Å². The molecule has 0 aromatic heterocycles. The molecule has 0 unspecified atom stereocenters. The van der Waals surface area contributed by atoms with Gasteiger partial charge >= 0.3 is 0 Å². The number of hydrogen-bond donors (Lipinski definition) is 1. The van der Waals surface area contributed by atoms with Gasteiger partial charge in [-0.25, -0.2) is 0 Å². The summed E-state index contributed by atoms with van der Waals surface area (Å²) < 4.78 is 10.7. The van der Waals surface area contributed by atoms with Crippen molar-refractivity contribution < 1.29 is 9.47 Å². The maximum Gasteiger partial charge on any atom is 0.271 e. The van der Waals surface area contributed by atoms with E-state index in [0.29, 0.717) is 13.2 Å². The van der Waals surface area contributed by atoms with E-state index in [1.54, 1.807) is 0 Å². The molecule has 0 atom stereocenters. The fourth-order valence-electron chi connectivity index (χ4n) is 3.31. The number of anilines is 1. The van der Waals surface area contributed by atoms with Crippen molar-refractivity contribution >= 4 is 5.69 Å². The average Bonchev–Trinajstić information content (AvgIpc) is 2.67. The average molecular weight is 358 g/mol. The van der Waals surface area contributed by atoms with Crippen molar-refractivity contribution in [2.45, 2.75) is 32.2 Å². The van der Waals surface area contributed by atoms with Crippen LogP contribution in [-0.2, 0) is 6.54 Å². The Morgan fingerprint density at radius 3 is 2.69 bits per heavy atom. The molecule has 3 rings (SSSR count). The van der Waals surface area contributed by atoms with E-state index in [-0.39, 0.29) is 11.4 Å².